The van der Waals surface area contributed by atoms with E-state index in [9.17, 15) is 4.79 Å². The molecule has 1 aliphatic heterocycles. The molecule has 0 bridgehead atoms. The molecule has 1 unspecified atom stereocenters. The van der Waals surface area contributed by atoms with E-state index in [4.69, 9.17) is 4.74 Å². The zero-order valence-electron chi connectivity index (χ0n) is 14.1. The largest absolute Gasteiger partial charge is 0.371 e. The number of nitrogens with zero attached hydrogens (tertiary/aromatic N) is 2. The van der Waals surface area contributed by atoms with Crippen LogP contribution < -0.4 is 0 Å². The fraction of sp³-hybridized carbons (Fsp3) is 0.778. The molecule has 23 heavy (non-hydrogen) atoms. The van der Waals surface area contributed by atoms with Crippen molar-refractivity contribution in [2.75, 3.05) is 19.7 Å². The number of aromatic nitrogens is 2. The number of H-pyrrole nitrogens is 1. The molecule has 3 aliphatic rings. The van der Waals surface area contributed by atoms with Crippen molar-refractivity contribution in [3.63, 3.8) is 0 Å². The number of hydrogen-bond donors (Lipinski definition) is 1. The average Bonchev–Trinajstić information content (AvgIpc) is 2.94. The van der Waals surface area contributed by atoms with Gasteiger partial charge in [-0.2, -0.15) is 0 Å². The number of aromatic amines is 1. The van der Waals surface area contributed by atoms with Gasteiger partial charge in [0.15, 0.2) is 0 Å². The molecule has 1 N–H and O–H groups in total. The Balaban J connectivity index is 1.44. The van der Waals surface area contributed by atoms with E-state index in [1.54, 1.807) is 0 Å². The van der Waals surface area contributed by atoms with Gasteiger partial charge in [-0.25, -0.2) is 4.98 Å². The van der Waals surface area contributed by atoms with E-state index in [0.29, 0.717) is 12.5 Å². The van der Waals surface area contributed by atoms with E-state index in [2.05, 4.69) is 14.9 Å². The predicted octanol–water partition coefficient (Wildman–Crippen LogP) is 2.38. The predicted molar refractivity (Wildman–Crippen MR) is 87.2 cm³/mol. The van der Waals surface area contributed by atoms with Gasteiger partial charge in [-0.05, 0) is 32.6 Å². The summed E-state index contributed by atoms with van der Waals surface area (Å²) in [6.07, 6.45) is 8.69. The average molecular weight is 317 g/mol. The number of carbonyl (C=O) groups is 1. The Kier molecular flexibility index (Phi) is 3.92. The zero-order chi connectivity index (χ0) is 15.9. The standard InChI is InChI=1S/C18H27N3O2/c1-13-19-15-6-5-14(11-16(15)20-13)17(22)21-9-10-23-18(12-21)7-3-2-4-8-18/h14H,2-12H2,1H3,(H,19,20). The fourth-order valence-corrected chi connectivity index (χ4v) is 4.62. The second-order valence-corrected chi connectivity index (χ2v) is 7.54. The highest BCUT2D eigenvalue weighted by Gasteiger charge is 2.41. The molecule has 1 saturated carbocycles. The number of ether oxygens (including phenoxy) is 1. The van der Waals surface area contributed by atoms with Crippen molar-refractivity contribution in [2.45, 2.75) is 63.9 Å². The van der Waals surface area contributed by atoms with Crippen LogP contribution in [0.1, 0.15) is 55.7 Å². The third-order valence-corrected chi connectivity index (χ3v) is 5.84. The molecule has 1 atom stereocenters. The summed E-state index contributed by atoms with van der Waals surface area (Å²) in [7, 11) is 0. The van der Waals surface area contributed by atoms with Crippen LogP contribution in [0.5, 0.6) is 0 Å². The topological polar surface area (TPSA) is 58.2 Å². The molecule has 0 aromatic carbocycles. The van der Waals surface area contributed by atoms with E-state index < -0.39 is 0 Å². The second kappa shape index (κ2) is 5.93. The molecule has 4 rings (SSSR count). The van der Waals surface area contributed by atoms with Gasteiger partial charge in [-0.15, -0.1) is 0 Å². The normalized spacial score (nSPS) is 27.0. The van der Waals surface area contributed by atoms with Crippen molar-refractivity contribution in [2.24, 2.45) is 5.92 Å². The highest BCUT2D eigenvalue weighted by atomic mass is 16.5. The maximum atomic E-state index is 13.0. The molecule has 5 heteroatoms. The fourth-order valence-electron chi connectivity index (χ4n) is 4.62. The summed E-state index contributed by atoms with van der Waals surface area (Å²) in [4.78, 5) is 23.0. The van der Waals surface area contributed by atoms with Crippen LogP contribution in [0.25, 0.3) is 0 Å². The quantitative estimate of drug-likeness (QED) is 0.865. The molecule has 126 valence electrons. The molecule has 1 aromatic rings. The van der Waals surface area contributed by atoms with Gasteiger partial charge in [0.25, 0.3) is 0 Å². The number of morpholine rings is 1. The van der Waals surface area contributed by atoms with Crippen LogP contribution >= 0.6 is 0 Å². The Bertz CT molecular complexity index is 584. The Morgan fingerprint density at radius 1 is 1.35 bits per heavy atom. The van der Waals surface area contributed by atoms with Crippen LogP contribution in [-0.4, -0.2) is 46.1 Å². The Hall–Kier alpha value is -1.36. The third-order valence-electron chi connectivity index (χ3n) is 5.84. The van der Waals surface area contributed by atoms with Crippen LogP contribution in [0.3, 0.4) is 0 Å². The summed E-state index contributed by atoms with van der Waals surface area (Å²) in [6, 6.07) is 0. The minimum atomic E-state index is -0.0451. The molecule has 5 nitrogen and oxygen atoms in total. The van der Waals surface area contributed by atoms with E-state index >= 15 is 0 Å². The van der Waals surface area contributed by atoms with Crippen LogP contribution in [0, 0.1) is 12.8 Å². The van der Waals surface area contributed by atoms with E-state index in [1.807, 2.05) is 6.92 Å². The maximum Gasteiger partial charge on any atom is 0.226 e. The van der Waals surface area contributed by atoms with Gasteiger partial charge < -0.3 is 14.6 Å². The van der Waals surface area contributed by atoms with Crippen molar-refractivity contribution < 1.29 is 9.53 Å². The highest BCUT2D eigenvalue weighted by Crippen LogP contribution is 2.35. The first kappa shape index (κ1) is 15.2. The molecule has 2 heterocycles. The molecule has 1 aromatic heterocycles. The van der Waals surface area contributed by atoms with Crippen LogP contribution in [0.4, 0.5) is 0 Å². The van der Waals surface area contributed by atoms with E-state index in [0.717, 1.165) is 56.7 Å². The Labute approximate surface area is 137 Å². The van der Waals surface area contributed by atoms with E-state index in [1.165, 1.54) is 25.0 Å². The van der Waals surface area contributed by atoms with Gasteiger partial charge in [-0.3, -0.25) is 4.79 Å². The van der Waals surface area contributed by atoms with Crippen molar-refractivity contribution >= 4 is 5.91 Å². The number of amides is 1. The smallest absolute Gasteiger partial charge is 0.226 e. The highest BCUT2D eigenvalue weighted by molar-refractivity contribution is 5.79. The van der Waals surface area contributed by atoms with Crippen molar-refractivity contribution in [1.82, 2.24) is 14.9 Å². The lowest BCUT2D eigenvalue weighted by atomic mass is 9.82. The van der Waals surface area contributed by atoms with Crippen LogP contribution in [0.15, 0.2) is 0 Å². The molecular weight excluding hydrogens is 290 g/mol. The summed E-state index contributed by atoms with van der Waals surface area (Å²) in [5, 5.41) is 0. The van der Waals surface area contributed by atoms with E-state index in [-0.39, 0.29) is 11.5 Å². The molecule has 2 fully saturated rings. The lowest BCUT2D eigenvalue weighted by Crippen LogP contribution is -2.55. The summed E-state index contributed by atoms with van der Waals surface area (Å²) >= 11 is 0. The summed E-state index contributed by atoms with van der Waals surface area (Å²) in [6.45, 7) is 4.25. The number of nitrogens with one attached hydrogen (secondary N) is 1. The second-order valence-electron chi connectivity index (χ2n) is 7.54. The molecule has 1 spiro atoms. The first-order chi connectivity index (χ1) is 11.2. The van der Waals surface area contributed by atoms with Crippen molar-refractivity contribution in [1.29, 1.82) is 0 Å². The number of hydrogen-bond acceptors (Lipinski definition) is 3. The number of aryl methyl sites for hydroxylation is 2. The summed E-state index contributed by atoms with van der Waals surface area (Å²) < 4.78 is 6.12. The van der Waals surface area contributed by atoms with Gasteiger partial charge in [0.05, 0.1) is 17.9 Å². The Morgan fingerprint density at radius 2 is 2.17 bits per heavy atom. The number of rotatable bonds is 1. The SMILES string of the molecule is Cc1nc2c([nH]1)CC(C(=O)N1CCOC3(CCCCC3)C1)CC2. The minimum absolute atomic E-state index is 0.0451. The van der Waals surface area contributed by atoms with Crippen molar-refractivity contribution in [3.8, 4) is 0 Å². The van der Waals surface area contributed by atoms with Gasteiger partial charge >= 0.3 is 0 Å². The summed E-state index contributed by atoms with van der Waals surface area (Å²) in [5.74, 6) is 1.41. The van der Waals surface area contributed by atoms with Gasteiger partial charge in [0.2, 0.25) is 5.91 Å². The van der Waals surface area contributed by atoms with Crippen LogP contribution in [-0.2, 0) is 22.4 Å². The van der Waals surface area contributed by atoms with Crippen molar-refractivity contribution in [3.05, 3.63) is 17.2 Å². The van der Waals surface area contributed by atoms with Gasteiger partial charge in [0, 0.05) is 31.1 Å². The molecular formula is C18H27N3O2. The zero-order valence-corrected chi connectivity index (χ0v) is 14.1. The monoisotopic (exact) mass is 317 g/mol. The van der Waals surface area contributed by atoms with Gasteiger partial charge in [-0.1, -0.05) is 19.3 Å². The molecule has 1 saturated heterocycles. The summed E-state index contributed by atoms with van der Waals surface area (Å²) in [5.41, 5.74) is 2.29. The number of fused-ring (bicyclic) bond motifs is 1. The first-order valence-electron chi connectivity index (χ1n) is 9.12. The first-order valence-corrected chi connectivity index (χ1v) is 9.12. The number of imidazole rings is 1. The number of carbonyl (C=O) groups excluding carboxylic acids is 1. The van der Waals surface area contributed by atoms with Crippen LogP contribution in [0.2, 0.25) is 0 Å². The molecule has 0 radical (unpaired) electrons. The maximum absolute atomic E-state index is 13.0. The lowest BCUT2D eigenvalue weighted by molar-refractivity contribution is -0.160. The third kappa shape index (κ3) is 2.91. The molecule has 2 aliphatic carbocycles. The lowest BCUT2D eigenvalue weighted by Gasteiger charge is -2.45. The van der Waals surface area contributed by atoms with Gasteiger partial charge in [0.1, 0.15) is 5.82 Å². The Morgan fingerprint density at radius 3 is 3.00 bits per heavy atom. The minimum Gasteiger partial charge on any atom is -0.371 e. The molecule has 1 amide bonds.